The van der Waals surface area contributed by atoms with Crippen molar-refractivity contribution < 1.29 is 24.2 Å². The van der Waals surface area contributed by atoms with Gasteiger partial charge in [-0.3, -0.25) is 9.59 Å². The van der Waals surface area contributed by atoms with E-state index in [1.807, 2.05) is 31.2 Å². The maximum absolute atomic E-state index is 13.1. The molecule has 33 heavy (non-hydrogen) atoms. The molecule has 0 aromatic heterocycles. The molecule has 1 aliphatic heterocycles. The number of halogens is 1. The van der Waals surface area contributed by atoms with Crippen LogP contribution < -0.4 is 4.74 Å². The van der Waals surface area contributed by atoms with Gasteiger partial charge in [0.15, 0.2) is 0 Å². The largest absolute Gasteiger partial charge is 0.507 e. The Morgan fingerprint density at radius 2 is 1.85 bits per heavy atom. The highest BCUT2D eigenvalue weighted by Crippen LogP contribution is 2.40. The molecule has 0 spiro atoms. The van der Waals surface area contributed by atoms with Gasteiger partial charge in [0.25, 0.3) is 11.7 Å². The minimum atomic E-state index is -0.685. The number of carbonyl (C=O) groups excluding carboxylic acids is 2. The highest BCUT2D eigenvalue weighted by atomic mass is 79.9. The van der Waals surface area contributed by atoms with Crippen LogP contribution in [0.2, 0.25) is 0 Å². The third-order valence-electron chi connectivity index (χ3n) is 5.49. The van der Waals surface area contributed by atoms with E-state index >= 15 is 0 Å². The molecule has 1 heterocycles. The van der Waals surface area contributed by atoms with Crippen LogP contribution in [0.25, 0.3) is 5.76 Å². The molecule has 1 atom stereocenters. The minimum absolute atomic E-state index is 0.0926. The highest BCUT2D eigenvalue weighted by Gasteiger charge is 2.45. The monoisotopic (exact) mass is 515 g/mol. The van der Waals surface area contributed by atoms with E-state index in [1.54, 1.807) is 25.3 Å². The maximum Gasteiger partial charge on any atom is 0.295 e. The number of ether oxygens (including phenoxy) is 2. The Kier molecular flexibility index (Phi) is 8.32. The molecule has 1 N–H and O–H groups in total. The summed E-state index contributed by atoms with van der Waals surface area (Å²) in [4.78, 5) is 27.5. The van der Waals surface area contributed by atoms with Crippen LogP contribution in [0.5, 0.6) is 5.75 Å². The van der Waals surface area contributed by atoms with Gasteiger partial charge in [0.2, 0.25) is 0 Å². The summed E-state index contributed by atoms with van der Waals surface area (Å²) in [6.45, 7) is 7.43. The van der Waals surface area contributed by atoms with E-state index < -0.39 is 17.7 Å². The molecule has 0 radical (unpaired) electrons. The molecule has 0 bridgehead atoms. The Labute approximate surface area is 203 Å². The quantitative estimate of drug-likeness (QED) is 0.213. The number of carbonyl (C=O) groups is 2. The highest BCUT2D eigenvalue weighted by molar-refractivity contribution is 9.10. The van der Waals surface area contributed by atoms with Crippen molar-refractivity contribution in [3.05, 3.63) is 69.2 Å². The predicted octanol–water partition coefficient (Wildman–Crippen LogP) is 5.25. The summed E-state index contributed by atoms with van der Waals surface area (Å²) in [5.74, 6) is -0.374. The third-order valence-corrected chi connectivity index (χ3v) is 6.02. The van der Waals surface area contributed by atoms with Crippen LogP contribution in [0, 0.1) is 12.8 Å². The average Bonchev–Trinajstić information content (AvgIpc) is 3.03. The Morgan fingerprint density at radius 1 is 1.15 bits per heavy atom. The van der Waals surface area contributed by atoms with Crippen LogP contribution in [0.4, 0.5) is 0 Å². The smallest absolute Gasteiger partial charge is 0.295 e. The number of hydrogen-bond acceptors (Lipinski definition) is 5. The number of aliphatic hydroxyl groups is 1. The summed E-state index contributed by atoms with van der Waals surface area (Å²) in [7, 11) is 1.59. The molecule has 2 aromatic rings. The van der Waals surface area contributed by atoms with E-state index in [-0.39, 0.29) is 11.3 Å². The zero-order chi connectivity index (χ0) is 24.1. The summed E-state index contributed by atoms with van der Waals surface area (Å²) in [5.41, 5.74) is 2.16. The van der Waals surface area contributed by atoms with Gasteiger partial charge in [-0.05, 0) is 60.7 Å². The Balaban J connectivity index is 2.04. The van der Waals surface area contributed by atoms with Crippen molar-refractivity contribution in [3.8, 4) is 5.75 Å². The number of benzene rings is 2. The number of nitrogens with zero attached hydrogens (tertiary/aromatic N) is 1. The number of amides is 1. The molecule has 6 nitrogen and oxygen atoms in total. The van der Waals surface area contributed by atoms with Gasteiger partial charge in [-0.2, -0.15) is 0 Å². The lowest BCUT2D eigenvalue weighted by atomic mass is 9.95. The number of rotatable bonds is 9. The van der Waals surface area contributed by atoms with Crippen LogP contribution in [-0.4, -0.2) is 48.6 Å². The van der Waals surface area contributed by atoms with Crippen LogP contribution in [0.3, 0.4) is 0 Å². The standard InChI is InChI=1S/C26H30BrNO5/c1-16(2)15-33-21-11-8-19(14-17(21)3)24(29)22-23(18-6-9-20(27)10-7-18)28(12-5-13-32-4)26(31)25(22)30/h6-11,14,16,23,29H,5,12-13,15H2,1-4H3/t23-/m0/s1. The molecule has 3 rings (SSSR count). The number of likely N-dealkylation sites (tertiary alicyclic amines) is 1. The summed E-state index contributed by atoms with van der Waals surface area (Å²) in [6, 6.07) is 12.0. The molecule has 1 aliphatic rings. The second-order valence-corrected chi connectivity index (χ2v) is 9.49. The van der Waals surface area contributed by atoms with Crippen molar-refractivity contribution in [1.29, 1.82) is 0 Å². The van der Waals surface area contributed by atoms with Crippen molar-refractivity contribution in [2.75, 3.05) is 26.9 Å². The van der Waals surface area contributed by atoms with Gasteiger partial charge in [0, 0.05) is 30.3 Å². The number of Topliss-reactive ketones (excluding diaryl/α,β-unsaturated/α-hetero) is 1. The first-order chi connectivity index (χ1) is 15.7. The van der Waals surface area contributed by atoms with Gasteiger partial charge in [-0.25, -0.2) is 0 Å². The van der Waals surface area contributed by atoms with E-state index in [2.05, 4.69) is 29.8 Å². The fourth-order valence-electron chi connectivity index (χ4n) is 3.85. The van der Waals surface area contributed by atoms with Crippen LogP contribution in [0.15, 0.2) is 52.5 Å². The van der Waals surface area contributed by atoms with Crippen LogP contribution in [0.1, 0.15) is 43.0 Å². The van der Waals surface area contributed by atoms with E-state index in [4.69, 9.17) is 9.47 Å². The lowest BCUT2D eigenvalue weighted by molar-refractivity contribution is -0.140. The minimum Gasteiger partial charge on any atom is -0.507 e. The number of hydrogen-bond donors (Lipinski definition) is 1. The Bertz CT molecular complexity index is 1050. The lowest BCUT2D eigenvalue weighted by Gasteiger charge is -2.25. The Hall–Kier alpha value is -2.64. The van der Waals surface area contributed by atoms with Crippen molar-refractivity contribution in [3.63, 3.8) is 0 Å². The summed E-state index contributed by atoms with van der Waals surface area (Å²) in [5, 5.41) is 11.2. The first kappa shape index (κ1) is 25.0. The van der Waals surface area contributed by atoms with E-state index in [0.717, 1.165) is 21.3 Å². The number of aryl methyl sites for hydroxylation is 1. The first-order valence-electron chi connectivity index (χ1n) is 11.0. The number of ketones is 1. The molecule has 7 heteroatoms. The molecule has 1 fully saturated rings. The van der Waals surface area contributed by atoms with E-state index in [0.29, 0.717) is 37.7 Å². The van der Waals surface area contributed by atoms with Crippen molar-refractivity contribution in [2.45, 2.75) is 33.2 Å². The molecule has 0 saturated carbocycles. The van der Waals surface area contributed by atoms with Gasteiger partial charge in [-0.1, -0.05) is 41.9 Å². The number of aliphatic hydroxyl groups excluding tert-OH is 1. The zero-order valence-electron chi connectivity index (χ0n) is 19.4. The van der Waals surface area contributed by atoms with Gasteiger partial charge in [-0.15, -0.1) is 0 Å². The molecular formula is C26H30BrNO5. The van der Waals surface area contributed by atoms with Crippen molar-refractivity contribution in [1.82, 2.24) is 4.90 Å². The molecule has 2 aromatic carbocycles. The van der Waals surface area contributed by atoms with Gasteiger partial charge < -0.3 is 19.5 Å². The molecule has 176 valence electrons. The third kappa shape index (κ3) is 5.65. The molecule has 1 amide bonds. The molecular weight excluding hydrogens is 486 g/mol. The molecule has 0 aliphatic carbocycles. The van der Waals surface area contributed by atoms with Gasteiger partial charge >= 0.3 is 0 Å². The molecule has 1 saturated heterocycles. The van der Waals surface area contributed by atoms with Gasteiger partial charge in [0.1, 0.15) is 11.5 Å². The van der Waals surface area contributed by atoms with Gasteiger partial charge in [0.05, 0.1) is 18.2 Å². The van der Waals surface area contributed by atoms with Crippen LogP contribution in [-0.2, 0) is 14.3 Å². The SMILES string of the molecule is COCCCN1C(=O)C(=O)C(=C(O)c2ccc(OCC(C)C)c(C)c2)[C@@H]1c1ccc(Br)cc1. The number of methoxy groups -OCH3 is 1. The normalized spacial score (nSPS) is 17.8. The average molecular weight is 516 g/mol. The second-order valence-electron chi connectivity index (χ2n) is 8.58. The summed E-state index contributed by atoms with van der Waals surface area (Å²) in [6.07, 6.45) is 0.581. The second kappa shape index (κ2) is 11.0. The maximum atomic E-state index is 13.1. The van der Waals surface area contributed by atoms with E-state index in [1.165, 1.54) is 4.90 Å². The predicted molar refractivity (Wildman–Crippen MR) is 131 cm³/mol. The summed E-state index contributed by atoms with van der Waals surface area (Å²) >= 11 is 3.42. The lowest BCUT2D eigenvalue weighted by Crippen LogP contribution is -2.31. The van der Waals surface area contributed by atoms with Crippen molar-refractivity contribution >= 4 is 33.4 Å². The van der Waals surface area contributed by atoms with Crippen molar-refractivity contribution in [2.24, 2.45) is 5.92 Å². The van der Waals surface area contributed by atoms with Crippen LogP contribution >= 0.6 is 15.9 Å². The molecule has 0 unspecified atom stereocenters. The Morgan fingerprint density at radius 3 is 2.45 bits per heavy atom. The summed E-state index contributed by atoms with van der Waals surface area (Å²) < 4.78 is 11.8. The fourth-order valence-corrected chi connectivity index (χ4v) is 4.12. The zero-order valence-corrected chi connectivity index (χ0v) is 21.0. The first-order valence-corrected chi connectivity index (χ1v) is 11.8. The fraction of sp³-hybridized carbons (Fsp3) is 0.385. The topological polar surface area (TPSA) is 76.1 Å². The van der Waals surface area contributed by atoms with E-state index in [9.17, 15) is 14.7 Å².